The summed E-state index contributed by atoms with van der Waals surface area (Å²) in [6.45, 7) is 0.124. The number of anilines is 1. The van der Waals surface area contributed by atoms with Gasteiger partial charge in [0, 0.05) is 16.8 Å². The molecule has 10 heteroatoms. The van der Waals surface area contributed by atoms with Crippen molar-refractivity contribution in [3.63, 3.8) is 0 Å². The molecule has 3 aromatic carbocycles. The van der Waals surface area contributed by atoms with Gasteiger partial charge in [-0.05, 0) is 76.6 Å². The predicted octanol–water partition coefficient (Wildman–Crippen LogP) is 6.37. The molecule has 0 aliphatic carbocycles. The molecule has 0 aliphatic heterocycles. The minimum absolute atomic E-state index is 0.0423. The van der Waals surface area contributed by atoms with Gasteiger partial charge in [0.15, 0.2) is 5.76 Å². The van der Waals surface area contributed by atoms with E-state index in [-0.39, 0.29) is 33.6 Å². The molecule has 35 heavy (non-hydrogen) atoms. The Labute approximate surface area is 215 Å². The van der Waals surface area contributed by atoms with Gasteiger partial charge >= 0.3 is 0 Å². The minimum Gasteiger partial charge on any atom is -0.497 e. The largest absolute Gasteiger partial charge is 0.497 e. The van der Waals surface area contributed by atoms with Crippen molar-refractivity contribution in [1.29, 1.82) is 0 Å². The molecular weight excluding hydrogens is 558 g/mol. The van der Waals surface area contributed by atoms with E-state index in [4.69, 9.17) is 25.5 Å². The lowest BCUT2D eigenvalue weighted by Crippen LogP contribution is -2.12. The highest BCUT2D eigenvalue weighted by Crippen LogP contribution is 2.30. The summed E-state index contributed by atoms with van der Waals surface area (Å²) in [6, 6.07) is 20.6. The number of carbonyl (C=O) groups is 1. The summed E-state index contributed by atoms with van der Waals surface area (Å²) < 4.78 is 43.5. The molecule has 0 aliphatic rings. The van der Waals surface area contributed by atoms with Crippen LogP contribution < -0.4 is 14.8 Å². The Hall–Kier alpha value is -3.27. The van der Waals surface area contributed by atoms with E-state index in [1.807, 2.05) is 18.2 Å². The van der Waals surface area contributed by atoms with E-state index < -0.39 is 15.7 Å². The lowest BCUT2D eigenvalue weighted by Gasteiger charge is -2.11. The fraction of sp³-hybridized carbons (Fsp3) is 0.0800. The first-order valence-corrected chi connectivity index (χ1v) is 12.9. The smallest absolute Gasteiger partial charge is 0.291 e. The average Bonchev–Trinajstić information content (AvgIpc) is 3.33. The molecule has 1 N–H and O–H groups in total. The van der Waals surface area contributed by atoms with Crippen LogP contribution in [0.15, 0.2) is 97.5 Å². The first kappa shape index (κ1) is 24.8. The summed E-state index contributed by atoms with van der Waals surface area (Å²) in [6.07, 6.45) is 0. The van der Waals surface area contributed by atoms with E-state index in [2.05, 4.69) is 21.2 Å². The Morgan fingerprint density at radius 3 is 2.46 bits per heavy atom. The van der Waals surface area contributed by atoms with Gasteiger partial charge in [-0.15, -0.1) is 0 Å². The van der Waals surface area contributed by atoms with Gasteiger partial charge in [-0.1, -0.05) is 23.7 Å². The summed E-state index contributed by atoms with van der Waals surface area (Å²) in [5.41, 5.74) is 0.226. The molecule has 4 aromatic rings. The summed E-state index contributed by atoms with van der Waals surface area (Å²) >= 11 is 9.28. The number of nitrogens with one attached hydrogen (secondary N) is 1. The highest BCUT2D eigenvalue weighted by molar-refractivity contribution is 9.10. The summed E-state index contributed by atoms with van der Waals surface area (Å²) in [5, 5.41) is 3.07. The fourth-order valence-corrected chi connectivity index (χ4v) is 4.99. The number of para-hydroxylation sites is 1. The number of sulfone groups is 1. The van der Waals surface area contributed by atoms with E-state index in [0.717, 1.165) is 4.47 Å². The van der Waals surface area contributed by atoms with E-state index in [1.165, 1.54) is 55.6 Å². The molecule has 1 heterocycles. The van der Waals surface area contributed by atoms with Crippen LogP contribution in [0, 0.1) is 0 Å². The van der Waals surface area contributed by atoms with E-state index >= 15 is 0 Å². The molecule has 0 saturated carbocycles. The molecule has 0 fully saturated rings. The van der Waals surface area contributed by atoms with Gasteiger partial charge in [0.25, 0.3) is 5.91 Å². The van der Waals surface area contributed by atoms with Crippen LogP contribution in [0.5, 0.6) is 11.5 Å². The zero-order valence-corrected chi connectivity index (χ0v) is 21.5. The molecule has 0 bridgehead atoms. The van der Waals surface area contributed by atoms with Crippen molar-refractivity contribution in [3.8, 4) is 11.5 Å². The molecule has 1 aromatic heterocycles. The van der Waals surface area contributed by atoms with E-state index in [9.17, 15) is 13.2 Å². The first-order valence-electron chi connectivity index (χ1n) is 10.2. The number of rotatable bonds is 8. The summed E-state index contributed by atoms with van der Waals surface area (Å²) in [7, 11) is -2.47. The van der Waals surface area contributed by atoms with Crippen molar-refractivity contribution < 1.29 is 27.1 Å². The van der Waals surface area contributed by atoms with Gasteiger partial charge < -0.3 is 19.2 Å². The van der Waals surface area contributed by atoms with Crippen molar-refractivity contribution in [1.82, 2.24) is 0 Å². The zero-order valence-electron chi connectivity index (χ0n) is 18.3. The highest BCUT2D eigenvalue weighted by atomic mass is 79.9. The third-order valence-electron chi connectivity index (χ3n) is 4.90. The van der Waals surface area contributed by atoms with Gasteiger partial charge in [-0.3, -0.25) is 4.79 Å². The van der Waals surface area contributed by atoms with Crippen LogP contribution in [0.25, 0.3) is 0 Å². The van der Waals surface area contributed by atoms with E-state index in [1.54, 1.807) is 12.1 Å². The average molecular weight is 577 g/mol. The Bertz CT molecular complexity index is 1470. The normalized spacial score (nSPS) is 11.2. The maximum absolute atomic E-state index is 13.1. The van der Waals surface area contributed by atoms with Gasteiger partial charge in [-0.25, -0.2) is 8.42 Å². The topological polar surface area (TPSA) is 94.8 Å². The molecule has 0 saturated heterocycles. The van der Waals surface area contributed by atoms with Crippen molar-refractivity contribution in [2.75, 3.05) is 12.4 Å². The molecule has 0 radical (unpaired) electrons. The molecule has 4 rings (SSSR count). The SMILES string of the molecule is COc1cc(NC(=O)c2ccc(COc3ccccc3Br)o2)cc(S(=O)(=O)c2ccc(Cl)cc2)c1. The van der Waals surface area contributed by atoms with Crippen LogP contribution in [-0.4, -0.2) is 21.4 Å². The van der Waals surface area contributed by atoms with Crippen LogP contribution in [-0.2, 0) is 16.4 Å². The van der Waals surface area contributed by atoms with Crippen molar-refractivity contribution >= 4 is 49.0 Å². The van der Waals surface area contributed by atoms with Crippen LogP contribution in [0.2, 0.25) is 5.02 Å². The van der Waals surface area contributed by atoms with Crippen LogP contribution in [0.4, 0.5) is 5.69 Å². The third kappa shape index (κ3) is 5.87. The predicted molar refractivity (Wildman–Crippen MR) is 135 cm³/mol. The van der Waals surface area contributed by atoms with Gasteiger partial charge in [0.1, 0.15) is 23.9 Å². The molecule has 7 nitrogen and oxygen atoms in total. The summed E-state index contributed by atoms with van der Waals surface area (Å²) in [5.74, 6) is 0.835. The van der Waals surface area contributed by atoms with Crippen molar-refractivity contribution in [2.45, 2.75) is 16.4 Å². The summed E-state index contributed by atoms with van der Waals surface area (Å²) in [4.78, 5) is 12.8. The highest BCUT2D eigenvalue weighted by Gasteiger charge is 2.21. The first-order chi connectivity index (χ1) is 16.8. The van der Waals surface area contributed by atoms with Crippen molar-refractivity contribution in [3.05, 3.63) is 99.9 Å². The van der Waals surface area contributed by atoms with Gasteiger partial charge in [0.2, 0.25) is 9.84 Å². The molecule has 0 spiro atoms. The van der Waals surface area contributed by atoms with Crippen LogP contribution >= 0.6 is 27.5 Å². The lowest BCUT2D eigenvalue weighted by atomic mass is 10.3. The number of methoxy groups -OCH3 is 1. The monoisotopic (exact) mass is 575 g/mol. The number of hydrogen-bond donors (Lipinski definition) is 1. The molecule has 0 atom stereocenters. The number of carbonyl (C=O) groups excluding carboxylic acids is 1. The van der Waals surface area contributed by atoms with Gasteiger partial charge in [-0.2, -0.15) is 0 Å². The van der Waals surface area contributed by atoms with E-state index in [0.29, 0.717) is 16.5 Å². The standard InChI is InChI=1S/C25H19BrClNO6S/c1-32-19-12-17(13-21(14-19)35(30,31)20-9-6-16(27)7-10-20)28-25(29)24-11-8-18(34-24)15-33-23-5-3-2-4-22(23)26/h2-14H,15H2,1H3,(H,28,29). The van der Waals surface area contributed by atoms with Crippen LogP contribution in [0.3, 0.4) is 0 Å². The fourth-order valence-electron chi connectivity index (χ4n) is 3.15. The Morgan fingerprint density at radius 2 is 1.74 bits per heavy atom. The molecule has 1 amide bonds. The lowest BCUT2D eigenvalue weighted by molar-refractivity contribution is 0.0992. The van der Waals surface area contributed by atoms with Gasteiger partial charge in [0.05, 0.1) is 21.4 Å². The Balaban J connectivity index is 1.52. The Morgan fingerprint density at radius 1 is 1.00 bits per heavy atom. The second-order valence-corrected chi connectivity index (χ2v) is 10.5. The second kappa shape index (κ2) is 10.6. The number of halogens is 2. The maximum atomic E-state index is 13.1. The molecule has 180 valence electrons. The Kier molecular flexibility index (Phi) is 7.49. The minimum atomic E-state index is -3.88. The third-order valence-corrected chi connectivity index (χ3v) is 7.56. The number of ether oxygens (including phenoxy) is 2. The van der Waals surface area contributed by atoms with Crippen LogP contribution in [0.1, 0.15) is 16.3 Å². The number of amides is 1. The quantitative estimate of drug-likeness (QED) is 0.262. The van der Waals surface area contributed by atoms with Crippen molar-refractivity contribution in [2.24, 2.45) is 0 Å². The molecule has 0 unspecified atom stereocenters. The second-order valence-electron chi connectivity index (χ2n) is 7.29. The number of benzene rings is 3. The zero-order chi connectivity index (χ0) is 25.0. The number of hydrogen-bond acceptors (Lipinski definition) is 6. The number of furan rings is 1. The molecular formula is C25H19BrClNO6S. The maximum Gasteiger partial charge on any atom is 0.291 e.